The summed E-state index contributed by atoms with van der Waals surface area (Å²) < 4.78 is 7.05. The van der Waals surface area contributed by atoms with Crippen LogP contribution >= 0.6 is 15.9 Å². The third kappa shape index (κ3) is 4.18. The van der Waals surface area contributed by atoms with Crippen LogP contribution in [0.2, 0.25) is 0 Å². The predicted octanol–water partition coefficient (Wildman–Crippen LogP) is 1.81. The lowest BCUT2D eigenvalue weighted by Gasteiger charge is -2.08. The first-order chi connectivity index (χ1) is 7.49. The molecule has 0 bridgehead atoms. The van der Waals surface area contributed by atoms with Gasteiger partial charge in [-0.2, -0.15) is 0 Å². The molecule has 4 nitrogen and oxygen atoms in total. The van der Waals surface area contributed by atoms with Gasteiger partial charge in [0, 0.05) is 16.7 Å². The molecular formula is C11H14BrNO3. The summed E-state index contributed by atoms with van der Waals surface area (Å²) in [5.74, 6) is -0.0999. The number of aromatic nitrogens is 1. The Bertz CT molecular complexity index is 425. The third-order valence-corrected chi connectivity index (χ3v) is 2.29. The molecule has 0 spiro atoms. The molecule has 0 N–H and O–H groups in total. The maximum atomic E-state index is 11.4. The number of hydrogen-bond acceptors (Lipinski definition) is 3. The Labute approximate surface area is 102 Å². The van der Waals surface area contributed by atoms with Crippen molar-refractivity contribution in [2.45, 2.75) is 20.4 Å². The predicted molar refractivity (Wildman–Crippen MR) is 64.2 cm³/mol. The number of rotatable bonds is 4. The molecule has 88 valence electrons. The van der Waals surface area contributed by atoms with Gasteiger partial charge in [-0.3, -0.25) is 9.59 Å². The number of ether oxygens (including phenoxy) is 1. The minimum Gasteiger partial charge on any atom is -0.464 e. The molecule has 16 heavy (non-hydrogen) atoms. The highest BCUT2D eigenvalue weighted by Gasteiger charge is 2.06. The second kappa shape index (κ2) is 5.84. The molecule has 1 aromatic heterocycles. The second-order valence-electron chi connectivity index (χ2n) is 3.89. The van der Waals surface area contributed by atoms with E-state index < -0.39 is 5.97 Å². The summed E-state index contributed by atoms with van der Waals surface area (Å²) in [4.78, 5) is 22.8. The van der Waals surface area contributed by atoms with Gasteiger partial charge < -0.3 is 9.30 Å². The second-order valence-corrected chi connectivity index (χ2v) is 4.81. The van der Waals surface area contributed by atoms with E-state index in [9.17, 15) is 9.59 Å². The van der Waals surface area contributed by atoms with Crippen LogP contribution in [0.15, 0.2) is 27.6 Å². The topological polar surface area (TPSA) is 48.3 Å². The Morgan fingerprint density at radius 3 is 2.81 bits per heavy atom. The summed E-state index contributed by atoms with van der Waals surface area (Å²) in [5.41, 5.74) is -0.218. The zero-order valence-electron chi connectivity index (χ0n) is 9.27. The maximum Gasteiger partial charge on any atom is 0.326 e. The molecule has 0 aliphatic rings. The van der Waals surface area contributed by atoms with Crippen LogP contribution in [0.3, 0.4) is 0 Å². The summed E-state index contributed by atoms with van der Waals surface area (Å²) in [6, 6.07) is 3.04. The monoisotopic (exact) mass is 287 g/mol. The number of halogens is 1. The van der Waals surface area contributed by atoms with Gasteiger partial charge in [0.25, 0.3) is 5.56 Å². The molecule has 0 aliphatic heterocycles. The molecule has 0 atom stereocenters. The van der Waals surface area contributed by atoms with Crippen molar-refractivity contribution >= 4 is 21.9 Å². The number of hydrogen-bond donors (Lipinski definition) is 0. The number of pyridine rings is 1. The standard InChI is InChI=1S/C11H14BrNO3/c1-8(2)7-16-11(15)6-13-5-9(12)3-4-10(13)14/h3-5,8H,6-7H2,1-2H3. The first kappa shape index (κ1) is 13.0. The van der Waals surface area contributed by atoms with E-state index in [1.165, 1.54) is 10.6 Å². The Morgan fingerprint density at radius 2 is 2.19 bits per heavy atom. The summed E-state index contributed by atoms with van der Waals surface area (Å²) >= 11 is 3.24. The highest BCUT2D eigenvalue weighted by atomic mass is 79.9. The zero-order chi connectivity index (χ0) is 12.1. The van der Waals surface area contributed by atoms with Crippen LogP contribution < -0.4 is 5.56 Å². The Morgan fingerprint density at radius 1 is 1.50 bits per heavy atom. The summed E-state index contributed by atoms with van der Waals surface area (Å²) in [5, 5.41) is 0. The molecule has 5 heteroatoms. The Balaban J connectivity index is 2.62. The molecule has 1 heterocycles. The van der Waals surface area contributed by atoms with Gasteiger partial charge in [-0.1, -0.05) is 13.8 Å². The van der Waals surface area contributed by atoms with Gasteiger partial charge in [-0.15, -0.1) is 0 Å². The molecule has 0 aliphatic carbocycles. The Kier molecular flexibility index (Phi) is 4.73. The lowest BCUT2D eigenvalue weighted by molar-refractivity contribution is -0.145. The molecule has 0 saturated heterocycles. The molecule has 0 saturated carbocycles. The highest BCUT2D eigenvalue weighted by Crippen LogP contribution is 2.05. The molecule has 1 aromatic rings. The molecule has 0 amide bonds. The average molecular weight is 288 g/mol. The van der Waals surface area contributed by atoms with Crippen molar-refractivity contribution in [2.24, 2.45) is 5.92 Å². The first-order valence-electron chi connectivity index (χ1n) is 5.00. The van der Waals surface area contributed by atoms with Crippen LogP contribution in [0.25, 0.3) is 0 Å². The fourth-order valence-corrected chi connectivity index (χ4v) is 1.45. The first-order valence-corrected chi connectivity index (χ1v) is 5.80. The van der Waals surface area contributed by atoms with Crippen molar-refractivity contribution in [2.75, 3.05) is 6.61 Å². The van der Waals surface area contributed by atoms with Crippen molar-refractivity contribution < 1.29 is 9.53 Å². The molecule has 0 fully saturated rings. The zero-order valence-corrected chi connectivity index (χ0v) is 10.9. The van der Waals surface area contributed by atoms with Crippen LogP contribution in [0.5, 0.6) is 0 Å². The van der Waals surface area contributed by atoms with Gasteiger partial charge in [-0.05, 0) is 27.9 Å². The Hall–Kier alpha value is -1.10. The van der Waals surface area contributed by atoms with Gasteiger partial charge in [0.15, 0.2) is 0 Å². The number of carbonyl (C=O) groups is 1. The third-order valence-electron chi connectivity index (χ3n) is 1.82. The fraction of sp³-hybridized carbons (Fsp3) is 0.455. The SMILES string of the molecule is CC(C)COC(=O)Cn1cc(Br)ccc1=O. The van der Waals surface area contributed by atoms with Crippen molar-refractivity contribution in [3.05, 3.63) is 33.2 Å². The minimum atomic E-state index is -0.395. The molecular weight excluding hydrogens is 274 g/mol. The summed E-state index contributed by atoms with van der Waals surface area (Å²) in [6.07, 6.45) is 1.57. The molecule has 1 rings (SSSR count). The van der Waals surface area contributed by atoms with Crippen molar-refractivity contribution in [1.29, 1.82) is 0 Å². The van der Waals surface area contributed by atoms with Gasteiger partial charge in [-0.25, -0.2) is 0 Å². The molecule has 0 radical (unpaired) electrons. The van der Waals surface area contributed by atoms with E-state index in [1.807, 2.05) is 13.8 Å². The smallest absolute Gasteiger partial charge is 0.326 e. The average Bonchev–Trinajstić information content (AvgIpc) is 2.20. The normalized spacial score (nSPS) is 10.5. The van der Waals surface area contributed by atoms with Crippen LogP contribution in [-0.4, -0.2) is 17.1 Å². The largest absolute Gasteiger partial charge is 0.464 e. The number of carbonyl (C=O) groups excluding carboxylic acids is 1. The van der Waals surface area contributed by atoms with Crippen LogP contribution in [0.4, 0.5) is 0 Å². The van der Waals surface area contributed by atoms with E-state index in [1.54, 1.807) is 12.3 Å². The number of nitrogens with zero attached hydrogens (tertiary/aromatic N) is 1. The van der Waals surface area contributed by atoms with E-state index in [-0.39, 0.29) is 12.1 Å². The van der Waals surface area contributed by atoms with Crippen molar-refractivity contribution in [3.63, 3.8) is 0 Å². The lowest BCUT2D eigenvalue weighted by Crippen LogP contribution is -2.24. The van der Waals surface area contributed by atoms with Gasteiger partial charge in [0.1, 0.15) is 6.54 Å². The highest BCUT2D eigenvalue weighted by molar-refractivity contribution is 9.10. The summed E-state index contributed by atoms with van der Waals surface area (Å²) in [7, 11) is 0. The quantitative estimate of drug-likeness (QED) is 0.794. The lowest BCUT2D eigenvalue weighted by atomic mass is 10.2. The van der Waals surface area contributed by atoms with Gasteiger partial charge in [0.2, 0.25) is 0 Å². The summed E-state index contributed by atoms with van der Waals surface area (Å²) in [6.45, 7) is 4.24. The van der Waals surface area contributed by atoms with E-state index in [4.69, 9.17) is 4.74 Å². The van der Waals surface area contributed by atoms with Crippen LogP contribution in [0, 0.1) is 5.92 Å². The molecule has 0 unspecified atom stereocenters. The van der Waals surface area contributed by atoms with Crippen molar-refractivity contribution in [1.82, 2.24) is 4.57 Å². The van der Waals surface area contributed by atoms with Crippen LogP contribution in [-0.2, 0) is 16.1 Å². The van der Waals surface area contributed by atoms with E-state index >= 15 is 0 Å². The van der Waals surface area contributed by atoms with Crippen LogP contribution in [0.1, 0.15) is 13.8 Å². The minimum absolute atomic E-state index is 0.0506. The van der Waals surface area contributed by atoms with Crippen molar-refractivity contribution in [3.8, 4) is 0 Å². The fourth-order valence-electron chi connectivity index (χ4n) is 1.07. The molecule has 0 aromatic carbocycles. The van der Waals surface area contributed by atoms with E-state index in [0.29, 0.717) is 12.5 Å². The van der Waals surface area contributed by atoms with E-state index in [2.05, 4.69) is 15.9 Å². The number of esters is 1. The van der Waals surface area contributed by atoms with E-state index in [0.717, 1.165) is 4.47 Å². The van der Waals surface area contributed by atoms with Gasteiger partial charge in [0.05, 0.1) is 6.61 Å². The maximum absolute atomic E-state index is 11.4. The van der Waals surface area contributed by atoms with Gasteiger partial charge >= 0.3 is 5.97 Å².